The van der Waals surface area contributed by atoms with Crippen molar-refractivity contribution >= 4 is 46.1 Å². The maximum atomic E-state index is 12.7. The van der Waals surface area contributed by atoms with Gasteiger partial charge in [-0.1, -0.05) is 12.1 Å². The van der Waals surface area contributed by atoms with Crippen molar-refractivity contribution in [1.29, 1.82) is 0 Å². The predicted molar refractivity (Wildman–Crippen MR) is 88.6 cm³/mol. The second kappa shape index (κ2) is 5.35. The van der Waals surface area contributed by atoms with E-state index in [4.69, 9.17) is 5.11 Å². The maximum Gasteiger partial charge on any atom is 0.323 e. The lowest BCUT2D eigenvalue weighted by molar-refractivity contribution is -0.137. The third-order valence-corrected chi connectivity index (χ3v) is 4.27. The zero-order valence-electron chi connectivity index (χ0n) is 13.1. The largest absolute Gasteiger partial charge is 0.480 e. The number of amides is 4. The van der Waals surface area contributed by atoms with Crippen molar-refractivity contribution in [2.45, 2.75) is 0 Å². The van der Waals surface area contributed by atoms with E-state index in [1.54, 1.807) is 18.2 Å². The van der Waals surface area contributed by atoms with Gasteiger partial charge in [-0.05, 0) is 23.6 Å². The fourth-order valence-corrected chi connectivity index (χ4v) is 3.20. The van der Waals surface area contributed by atoms with E-state index < -0.39 is 36.1 Å². The number of carboxylic acid groups (broad SMARTS) is 1. The number of nitrogens with zero attached hydrogens (tertiary/aromatic N) is 2. The van der Waals surface area contributed by atoms with Crippen molar-refractivity contribution in [3.05, 3.63) is 53.6 Å². The molecule has 0 aliphatic carbocycles. The SMILES string of the molecule is O=C(O)CN1C(=O)c2cccc3cc(N4C(=O)C=CC4=O)cc(c23)C1=O. The number of benzene rings is 2. The topological polar surface area (TPSA) is 112 Å². The molecule has 0 bridgehead atoms. The fourth-order valence-electron chi connectivity index (χ4n) is 3.20. The van der Waals surface area contributed by atoms with Gasteiger partial charge in [0.05, 0.1) is 11.3 Å². The van der Waals surface area contributed by atoms with Gasteiger partial charge in [0.25, 0.3) is 23.6 Å². The lowest BCUT2D eigenvalue weighted by atomic mass is 9.93. The first kappa shape index (κ1) is 15.7. The third-order valence-electron chi connectivity index (χ3n) is 4.27. The maximum absolute atomic E-state index is 12.7. The van der Waals surface area contributed by atoms with E-state index in [-0.39, 0.29) is 16.8 Å². The molecule has 0 saturated heterocycles. The van der Waals surface area contributed by atoms with Crippen LogP contribution in [0.25, 0.3) is 10.8 Å². The van der Waals surface area contributed by atoms with E-state index >= 15 is 0 Å². The van der Waals surface area contributed by atoms with Gasteiger partial charge in [-0.25, -0.2) is 4.90 Å². The van der Waals surface area contributed by atoms with Crippen LogP contribution in [0.3, 0.4) is 0 Å². The van der Waals surface area contributed by atoms with Crippen LogP contribution in [0.2, 0.25) is 0 Å². The summed E-state index contributed by atoms with van der Waals surface area (Å²) in [5, 5.41) is 9.86. The number of hydrogen-bond acceptors (Lipinski definition) is 5. The van der Waals surface area contributed by atoms with Crippen molar-refractivity contribution in [3.63, 3.8) is 0 Å². The van der Waals surface area contributed by atoms with E-state index in [1.807, 2.05) is 0 Å². The number of carbonyl (C=O) groups excluding carboxylic acids is 4. The molecule has 8 heteroatoms. The van der Waals surface area contributed by atoms with Crippen LogP contribution in [0.1, 0.15) is 20.7 Å². The summed E-state index contributed by atoms with van der Waals surface area (Å²) in [6.07, 6.45) is 2.24. The third kappa shape index (κ3) is 2.12. The summed E-state index contributed by atoms with van der Waals surface area (Å²) in [4.78, 5) is 61.7. The summed E-state index contributed by atoms with van der Waals surface area (Å²) in [6.45, 7) is -0.777. The zero-order chi connectivity index (χ0) is 18.6. The van der Waals surface area contributed by atoms with E-state index in [0.717, 1.165) is 17.1 Å². The van der Waals surface area contributed by atoms with Gasteiger partial charge in [-0.3, -0.25) is 28.9 Å². The van der Waals surface area contributed by atoms with Gasteiger partial charge < -0.3 is 5.11 Å². The second-order valence-electron chi connectivity index (χ2n) is 5.83. The molecule has 2 aliphatic heterocycles. The van der Waals surface area contributed by atoms with E-state index in [1.165, 1.54) is 12.1 Å². The average molecular weight is 350 g/mol. The smallest absolute Gasteiger partial charge is 0.323 e. The highest BCUT2D eigenvalue weighted by molar-refractivity contribution is 6.30. The number of rotatable bonds is 3. The van der Waals surface area contributed by atoms with Gasteiger partial charge in [-0.15, -0.1) is 0 Å². The molecule has 2 aromatic carbocycles. The van der Waals surface area contributed by atoms with Gasteiger partial charge in [0, 0.05) is 23.1 Å². The summed E-state index contributed by atoms with van der Waals surface area (Å²) in [5.74, 6) is -3.89. The summed E-state index contributed by atoms with van der Waals surface area (Å²) < 4.78 is 0. The van der Waals surface area contributed by atoms with Crippen molar-refractivity contribution in [2.24, 2.45) is 0 Å². The quantitative estimate of drug-likeness (QED) is 0.825. The van der Waals surface area contributed by atoms with Crippen LogP contribution in [0.5, 0.6) is 0 Å². The Morgan fingerprint density at radius 3 is 2.23 bits per heavy atom. The average Bonchev–Trinajstić information content (AvgIpc) is 2.94. The first-order valence-electron chi connectivity index (χ1n) is 7.59. The molecule has 0 unspecified atom stereocenters. The van der Waals surface area contributed by atoms with Crippen LogP contribution in [0, 0.1) is 0 Å². The minimum atomic E-state index is -1.33. The molecule has 0 aromatic heterocycles. The standard InChI is InChI=1S/C18H10N2O6/c21-13-4-5-14(22)20(13)10-6-9-2-1-3-11-16(9)12(7-10)18(26)19(17(11)25)8-15(23)24/h1-7H,8H2,(H,23,24). The Morgan fingerprint density at radius 2 is 1.58 bits per heavy atom. The molecule has 8 nitrogen and oxygen atoms in total. The Kier molecular flexibility index (Phi) is 3.23. The fraction of sp³-hybridized carbons (Fsp3) is 0.0556. The lowest BCUT2D eigenvalue weighted by Gasteiger charge is -2.27. The number of carbonyl (C=O) groups is 5. The summed E-state index contributed by atoms with van der Waals surface area (Å²) in [5.41, 5.74) is 0.450. The van der Waals surface area contributed by atoms with Crippen molar-refractivity contribution in [3.8, 4) is 0 Å². The molecule has 0 fully saturated rings. The molecule has 0 saturated carbocycles. The first-order valence-corrected chi connectivity index (χ1v) is 7.59. The van der Waals surface area contributed by atoms with Gasteiger partial charge in [0.1, 0.15) is 6.54 Å². The Hall–Kier alpha value is -3.81. The predicted octanol–water partition coefficient (Wildman–Crippen LogP) is 0.950. The van der Waals surface area contributed by atoms with Crippen molar-refractivity contribution in [2.75, 3.05) is 11.4 Å². The first-order chi connectivity index (χ1) is 12.4. The summed E-state index contributed by atoms with van der Waals surface area (Å²) >= 11 is 0. The molecular weight excluding hydrogens is 340 g/mol. The Morgan fingerprint density at radius 1 is 0.923 bits per heavy atom. The Balaban J connectivity index is 1.95. The molecule has 2 aromatic rings. The van der Waals surface area contributed by atoms with Gasteiger partial charge in [-0.2, -0.15) is 0 Å². The number of hydrogen-bond donors (Lipinski definition) is 1. The molecule has 4 rings (SSSR count). The van der Waals surface area contributed by atoms with Gasteiger partial charge in [0.2, 0.25) is 0 Å². The molecule has 1 N–H and O–H groups in total. The van der Waals surface area contributed by atoms with Crippen LogP contribution in [-0.2, 0) is 14.4 Å². The van der Waals surface area contributed by atoms with E-state index in [2.05, 4.69) is 0 Å². The molecular formula is C18H10N2O6. The van der Waals surface area contributed by atoms with E-state index in [9.17, 15) is 24.0 Å². The number of carboxylic acids is 1. The molecule has 0 atom stereocenters. The van der Waals surface area contributed by atoms with Gasteiger partial charge in [0.15, 0.2) is 0 Å². The molecule has 0 spiro atoms. The summed E-state index contributed by atoms with van der Waals surface area (Å²) in [6, 6.07) is 7.61. The summed E-state index contributed by atoms with van der Waals surface area (Å²) in [7, 11) is 0. The van der Waals surface area contributed by atoms with Crippen LogP contribution in [0.15, 0.2) is 42.5 Å². The molecule has 2 aliphatic rings. The molecule has 128 valence electrons. The number of anilines is 1. The monoisotopic (exact) mass is 350 g/mol. The minimum absolute atomic E-state index is 0.0708. The highest BCUT2D eigenvalue weighted by atomic mass is 16.4. The highest BCUT2D eigenvalue weighted by Crippen LogP contribution is 2.34. The number of imide groups is 2. The van der Waals surface area contributed by atoms with Crippen LogP contribution in [0.4, 0.5) is 5.69 Å². The zero-order valence-corrected chi connectivity index (χ0v) is 13.1. The van der Waals surface area contributed by atoms with Crippen molar-refractivity contribution in [1.82, 2.24) is 4.90 Å². The minimum Gasteiger partial charge on any atom is -0.480 e. The Bertz CT molecular complexity index is 1070. The highest BCUT2D eigenvalue weighted by Gasteiger charge is 2.35. The molecule has 0 radical (unpaired) electrons. The second-order valence-corrected chi connectivity index (χ2v) is 5.83. The lowest BCUT2D eigenvalue weighted by Crippen LogP contribution is -2.43. The van der Waals surface area contributed by atoms with E-state index in [0.29, 0.717) is 15.7 Å². The van der Waals surface area contributed by atoms with Crippen LogP contribution >= 0.6 is 0 Å². The normalized spacial score (nSPS) is 16.2. The van der Waals surface area contributed by atoms with Crippen molar-refractivity contribution < 1.29 is 29.1 Å². The Labute approximate surface area is 145 Å². The molecule has 26 heavy (non-hydrogen) atoms. The van der Waals surface area contributed by atoms with Crippen LogP contribution in [-0.4, -0.2) is 46.1 Å². The number of aliphatic carboxylic acids is 1. The van der Waals surface area contributed by atoms with Gasteiger partial charge >= 0.3 is 5.97 Å². The molecule has 2 heterocycles. The molecule has 4 amide bonds. The van der Waals surface area contributed by atoms with Crippen LogP contribution < -0.4 is 4.90 Å².